The number of aliphatic imine (C=N–C) groups is 1. The third-order valence-corrected chi connectivity index (χ3v) is 4.76. The van der Waals surface area contributed by atoms with Gasteiger partial charge in [0.25, 0.3) is 0 Å². The summed E-state index contributed by atoms with van der Waals surface area (Å²) < 4.78 is 0. The van der Waals surface area contributed by atoms with Gasteiger partial charge >= 0.3 is 0 Å². The Bertz CT molecular complexity index is 757. The van der Waals surface area contributed by atoms with Crippen molar-refractivity contribution in [3.63, 3.8) is 0 Å². The molecule has 0 aliphatic rings. The smallest absolute Gasteiger partial charge is 0.224 e. The lowest BCUT2D eigenvalue weighted by atomic mass is 9.92. The summed E-state index contributed by atoms with van der Waals surface area (Å²) >= 11 is 0. The molecule has 1 amide bonds. The van der Waals surface area contributed by atoms with Crippen molar-refractivity contribution in [3.05, 3.63) is 71.8 Å². The fourth-order valence-corrected chi connectivity index (χ4v) is 2.85. The molecule has 2 aromatic rings. The Kier molecular flexibility index (Phi) is 8.05. The molecule has 5 heteroatoms. The summed E-state index contributed by atoms with van der Waals surface area (Å²) in [5.74, 6) is 0.653. The Hall–Kier alpha value is -2.82. The van der Waals surface area contributed by atoms with Crippen molar-refractivity contribution in [3.8, 4) is 0 Å². The first-order chi connectivity index (χ1) is 13.4. The molecule has 0 fully saturated rings. The van der Waals surface area contributed by atoms with Crippen molar-refractivity contribution in [1.82, 2.24) is 10.6 Å². The lowest BCUT2D eigenvalue weighted by Crippen LogP contribution is -2.41. The Morgan fingerprint density at radius 2 is 1.64 bits per heavy atom. The number of guanidine groups is 1. The largest absolute Gasteiger partial charge is 0.369 e. The van der Waals surface area contributed by atoms with Gasteiger partial charge in [-0.1, -0.05) is 60.7 Å². The van der Waals surface area contributed by atoms with Crippen LogP contribution in [0, 0.1) is 5.41 Å². The minimum absolute atomic E-state index is 0.302. The van der Waals surface area contributed by atoms with Gasteiger partial charge < -0.3 is 16.4 Å². The number of primary amides is 1. The third-order valence-electron chi connectivity index (χ3n) is 4.76. The average Bonchev–Trinajstić information content (AvgIpc) is 2.70. The molecule has 150 valence electrons. The van der Waals surface area contributed by atoms with Gasteiger partial charge in [-0.05, 0) is 38.3 Å². The van der Waals surface area contributed by atoms with E-state index in [0.29, 0.717) is 18.4 Å². The summed E-state index contributed by atoms with van der Waals surface area (Å²) in [5.41, 5.74) is 7.38. The molecule has 1 atom stereocenters. The molecule has 0 aliphatic heterocycles. The first-order valence-corrected chi connectivity index (χ1v) is 9.83. The molecule has 0 aliphatic carbocycles. The summed E-state index contributed by atoms with van der Waals surface area (Å²) in [6, 6.07) is 21.0. The standard InChI is InChI=1S/C23H32N4O/c1-4-25-22(27-17-23(2,3)21(24)28)26-16-20(19-13-9-6-10-14-19)15-18-11-7-5-8-12-18/h5-14,20H,4,15-17H2,1-3H3,(H2,24,28)(H2,25,26,27). The maximum absolute atomic E-state index is 11.6. The number of hydrogen-bond donors (Lipinski definition) is 3. The molecule has 2 rings (SSSR count). The van der Waals surface area contributed by atoms with Crippen LogP contribution in [-0.4, -0.2) is 31.5 Å². The number of nitrogens with one attached hydrogen (secondary N) is 2. The monoisotopic (exact) mass is 380 g/mol. The van der Waals surface area contributed by atoms with Crippen LogP contribution in [-0.2, 0) is 11.2 Å². The van der Waals surface area contributed by atoms with E-state index in [1.165, 1.54) is 11.1 Å². The molecule has 1 unspecified atom stereocenters. The zero-order valence-corrected chi connectivity index (χ0v) is 17.1. The maximum atomic E-state index is 11.6. The predicted molar refractivity (Wildman–Crippen MR) is 116 cm³/mol. The van der Waals surface area contributed by atoms with E-state index >= 15 is 0 Å². The van der Waals surface area contributed by atoms with E-state index in [2.05, 4.69) is 64.2 Å². The Balaban J connectivity index is 2.12. The molecule has 4 N–H and O–H groups in total. The first kappa shape index (κ1) is 21.5. The topological polar surface area (TPSA) is 79.5 Å². The van der Waals surface area contributed by atoms with Crippen LogP contribution in [0.15, 0.2) is 65.7 Å². The molecule has 0 saturated heterocycles. The number of rotatable bonds is 9. The van der Waals surface area contributed by atoms with Gasteiger partial charge in [-0.25, -0.2) is 0 Å². The van der Waals surface area contributed by atoms with E-state index in [4.69, 9.17) is 5.73 Å². The van der Waals surface area contributed by atoms with Gasteiger partial charge in [-0.15, -0.1) is 0 Å². The van der Waals surface area contributed by atoms with Crippen LogP contribution in [0.3, 0.4) is 0 Å². The molecule has 0 heterocycles. The van der Waals surface area contributed by atoms with Gasteiger partial charge in [0.1, 0.15) is 0 Å². The minimum atomic E-state index is -0.675. The van der Waals surface area contributed by atoms with E-state index in [1.807, 2.05) is 32.9 Å². The van der Waals surface area contributed by atoms with E-state index in [1.54, 1.807) is 0 Å². The normalized spacial score (nSPS) is 13.0. The second-order valence-electron chi connectivity index (χ2n) is 7.62. The van der Waals surface area contributed by atoms with Crippen LogP contribution in [0.1, 0.15) is 37.8 Å². The zero-order valence-electron chi connectivity index (χ0n) is 17.1. The molecule has 0 saturated carbocycles. The molecular weight excluding hydrogens is 348 g/mol. The van der Waals surface area contributed by atoms with Crippen molar-refractivity contribution in [1.29, 1.82) is 0 Å². The number of carbonyl (C=O) groups excluding carboxylic acids is 1. The van der Waals surface area contributed by atoms with Gasteiger partial charge in [0.2, 0.25) is 5.91 Å². The number of amides is 1. The average molecular weight is 381 g/mol. The van der Waals surface area contributed by atoms with Crippen molar-refractivity contribution in [2.75, 3.05) is 19.6 Å². The van der Waals surface area contributed by atoms with Crippen LogP contribution in [0.25, 0.3) is 0 Å². The maximum Gasteiger partial charge on any atom is 0.224 e. The molecule has 0 spiro atoms. The summed E-state index contributed by atoms with van der Waals surface area (Å²) in [6.45, 7) is 7.47. The molecule has 2 aromatic carbocycles. The minimum Gasteiger partial charge on any atom is -0.369 e. The highest BCUT2D eigenvalue weighted by molar-refractivity contribution is 5.82. The fraction of sp³-hybridized carbons (Fsp3) is 0.391. The van der Waals surface area contributed by atoms with Crippen LogP contribution in [0.4, 0.5) is 0 Å². The van der Waals surface area contributed by atoms with Gasteiger partial charge in [0.05, 0.1) is 12.0 Å². The van der Waals surface area contributed by atoms with E-state index in [0.717, 1.165) is 19.5 Å². The summed E-state index contributed by atoms with van der Waals surface area (Å²) in [4.78, 5) is 16.1. The third kappa shape index (κ3) is 6.72. The second kappa shape index (κ2) is 10.5. The Labute approximate surface area is 168 Å². The summed E-state index contributed by atoms with van der Waals surface area (Å²) in [5, 5.41) is 6.69. The van der Waals surface area contributed by atoms with Gasteiger partial charge in [0, 0.05) is 19.0 Å². The Morgan fingerprint density at radius 3 is 2.21 bits per heavy atom. The molecule has 0 bridgehead atoms. The highest BCUT2D eigenvalue weighted by Crippen LogP contribution is 2.20. The summed E-state index contributed by atoms with van der Waals surface area (Å²) in [6.07, 6.45) is 0.935. The van der Waals surface area contributed by atoms with Crippen molar-refractivity contribution in [2.24, 2.45) is 16.1 Å². The van der Waals surface area contributed by atoms with Crippen molar-refractivity contribution < 1.29 is 4.79 Å². The van der Waals surface area contributed by atoms with E-state index < -0.39 is 5.41 Å². The SMILES string of the molecule is CCNC(=NCC(C)(C)C(N)=O)NCC(Cc1ccccc1)c1ccccc1. The van der Waals surface area contributed by atoms with Gasteiger partial charge in [-0.3, -0.25) is 9.79 Å². The molecular formula is C23H32N4O. The highest BCUT2D eigenvalue weighted by atomic mass is 16.1. The first-order valence-electron chi connectivity index (χ1n) is 9.83. The lowest BCUT2D eigenvalue weighted by Gasteiger charge is -2.22. The zero-order chi connectivity index (χ0) is 20.4. The van der Waals surface area contributed by atoms with Crippen LogP contribution in [0.5, 0.6) is 0 Å². The Morgan fingerprint density at radius 1 is 1.04 bits per heavy atom. The quantitative estimate of drug-likeness (QED) is 0.462. The van der Waals surface area contributed by atoms with Crippen LogP contribution in [0.2, 0.25) is 0 Å². The molecule has 0 aromatic heterocycles. The highest BCUT2D eigenvalue weighted by Gasteiger charge is 2.24. The molecule has 5 nitrogen and oxygen atoms in total. The predicted octanol–water partition coefficient (Wildman–Crippen LogP) is 3.08. The lowest BCUT2D eigenvalue weighted by molar-refractivity contribution is -0.125. The summed E-state index contributed by atoms with van der Waals surface area (Å²) in [7, 11) is 0. The number of carbonyl (C=O) groups is 1. The van der Waals surface area contributed by atoms with Crippen LogP contribution >= 0.6 is 0 Å². The van der Waals surface area contributed by atoms with E-state index in [9.17, 15) is 4.79 Å². The van der Waals surface area contributed by atoms with Gasteiger partial charge in [-0.2, -0.15) is 0 Å². The van der Waals surface area contributed by atoms with E-state index in [-0.39, 0.29) is 5.91 Å². The number of hydrogen-bond acceptors (Lipinski definition) is 2. The van der Waals surface area contributed by atoms with Crippen molar-refractivity contribution in [2.45, 2.75) is 33.1 Å². The second-order valence-corrected chi connectivity index (χ2v) is 7.62. The fourth-order valence-electron chi connectivity index (χ4n) is 2.85. The van der Waals surface area contributed by atoms with Crippen LogP contribution < -0.4 is 16.4 Å². The molecule has 28 heavy (non-hydrogen) atoms. The number of benzene rings is 2. The number of nitrogens with zero attached hydrogens (tertiary/aromatic N) is 1. The number of nitrogens with two attached hydrogens (primary N) is 1. The van der Waals surface area contributed by atoms with Gasteiger partial charge in [0.15, 0.2) is 5.96 Å². The molecule has 0 radical (unpaired) electrons. The van der Waals surface area contributed by atoms with Crippen molar-refractivity contribution >= 4 is 11.9 Å².